The third kappa shape index (κ3) is 3.43. The van der Waals surface area contributed by atoms with Crippen molar-refractivity contribution in [2.45, 2.75) is 20.8 Å². The van der Waals surface area contributed by atoms with Gasteiger partial charge in [0.25, 0.3) is 5.69 Å². The van der Waals surface area contributed by atoms with Gasteiger partial charge in [0.05, 0.1) is 22.8 Å². The number of rotatable bonds is 6. The standard InChI is InChI=1S/C13H18N2O4/c1-4-14(5-2)12-8-7-10(15(17)18)9-11(12)13(16)19-6-3/h7-9H,4-6H2,1-3H3. The van der Waals surface area contributed by atoms with Gasteiger partial charge in [-0.1, -0.05) is 0 Å². The van der Waals surface area contributed by atoms with Crippen LogP contribution in [-0.2, 0) is 4.74 Å². The number of nitrogens with zero attached hydrogens (tertiary/aromatic N) is 2. The van der Waals surface area contributed by atoms with Crippen molar-refractivity contribution < 1.29 is 14.5 Å². The minimum atomic E-state index is -0.534. The zero-order chi connectivity index (χ0) is 14.4. The van der Waals surface area contributed by atoms with Crippen molar-refractivity contribution in [2.24, 2.45) is 0 Å². The molecule has 19 heavy (non-hydrogen) atoms. The van der Waals surface area contributed by atoms with Crippen molar-refractivity contribution in [1.29, 1.82) is 0 Å². The van der Waals surface area contributed by atoms with Gasteiger partial charge in [0, 0.05) is 25.2 Å². The molecule has 0 aliphatic heterocycles. The Morgan fingerprint density at radius 3 is 2.42 bits per heavy atom. The minimum absolute atomic E-state index is 0.112. The van der Waals surface area contributed by atoms with Crippen LogP contribution < -0.4 is 4.90 Å². The van der Waals surface area contributed by atoms with E-state index in [0.29, 0.717) is 18.8 Å². The second kappa shape index (κ2) is 6.72. The van der Waals surface area contributed by atoms with Crippen molar-refractivity contribution in [3.8, 4) is 0 Å². The molecule has 0 heterocycles. The maximum Gasteiger partial charge on any atom is 0.340 e. The second-order valence-corrected chi connectivity index (χ2v) is 3.85. The molecular formula is C13H18N2O4. The van der Waals surface area contributed by atoms with Gasteiger partial charge in [-0.3, -0.25) is 10.1 Å². The Kier molecular flexibility index (Phi) is 5.29. The summed E-state index contributed by atoms with van der Waals surface area (Å²) in [7, 11) is 0. The Labute approximate surface area is 112 Å². The molecule has 0 N–H and O–H groups in total. The minimum Gasteiger partial charge on any atom is -0.462 e. The average molecular weight is 266 g/mol. The number of esters is 1. The number of ether oxygens (including phenoxy) is 1. The molecule has 0 saturated heterocycles. The predicted molar refractivity (Wildman–Crippen MR) is 72.6 cm³/mol. The van der Waals surface area contributed by atoms with Gasteiger partial charge in [-0.15, -0.1) is 0 Å². The zero-order valence-electron chi connectivity index (χ0n) is 11.4. The monoisotopic (exact) mass is 266 g/mol. The van der Waals surface area contributed by atoms with Crippen molar-refractivity contribution >= 4 is 17.3 Å². The summed E-state index contributed by atoms with van der Waals surface area (Å²) in [6, 6.07) is 4.26. The summed E-state index contributed by atoms with van der Waals surface area (Å²) in [4.78, 5) is 24.1. The fourth-order valence-corrected chi connectivity index (χ4v) is 1.85. The molecule has 6 nitrogen and oxygen atoms in total. The number of non-ortho nitro benzene ring substituents is 1. The van der Waals surface area contributed by atoms with Crippen molar-refractivity contribution in [3.05, 3.63) is 33.9 Å². The lowest BCUT2D eigenvalue weighted by Crippen LogP contribution is -2.24. The van der Waals surface area contributed by atoms with Gasteiger partial charge >= 0.3 is 5.97 Å². The summed E-state index contributed by atoms with van der Waals surface area (Å²) in [5.41, 5.74) is 0.785. The topological polar surface area (TPSA) is 72.7 Å². The van der Waals surface area contributed by atoms with Crippen LogP contribution in [-0.4, -0.2) is 30.6 Å². The average Bonchev–Trinajstić information content (AvgIpc) is 2.40. The van der Waals surface area contributed by atoms with Crippen LogP contribution in [0.15, 0.2) is 18.2 Å². The van der Waals surface area contributed by atoms with Gasteiger partial charge in [0.1, 0.15) is 0 Å². The van der Waals surface area contributed by atoms with Crippen LogP contribution in [0.3, 0.4) is 0 Å². The van der Waals surface area contributed by atoms with Crippen LogP contribution in [0.5, 0.6) is 0 Å². The Morgan fingerprint density at radius 1 is 1.32 bits per heavy atom. The third-order valence-electron chi connectivity index (χ3n) is 2.79. The molecule has 0 aromatic heterocycles. The van der Waals surface area contributed by atoms with Crippen LogP contribution in [0.2, 0.25) is 0 Å². The van der Waals surface area contributed by atoms with Crippen molar-refractivity contribution in [1.82, 2.24) is 0 Å². The SMILES string of the molecule is CCOC(=O)c1cc([N+](=O)[O-])ccc1N(CC)CC. The number of anilines is 1. The number of carbonyl (C=O) groups is 1. The first-order chi connectivity index (χ1) is 9.04. The summed E-state index contributed by atoms with van der Waals surface area (Å²) in [5.74, 6) is -0.534. The lowest BCUT2D eigenvalue weighted by atomic mass is 10.1. The van der Waals surface area contributed by atoms with Crippen LogP contribution in [0, 0.1) is 10.1 Å². The van der Waals surface area contributed by atoms with Gasteiger partial charge in [-0.05, 0) is 26.8 Å². The summed E-state index contributed by atoms with van der Waals surface area (Å²) in [5, 5.41) is 10.8. The molecule has 0 aliphatic rings. The fraction of sp³-hybridized carbons (Fsp3) is 0.462. The van der Waals surface area contributed by atoms with E-state index in [9.17, 15) is 14.9 Å². The van der Waals surface area contributed by atoms with Gasteiger partial charge < -0.3 is 9.64 Å². The highest BCUT2D eigenvalue weighted by molar-refractivity contribution is 5.96. The van der Waals surface area contributed by atoms with Gasteiger partial charge in [0.2, 0.25) is 0 Å². The maximum absolute atomic E-state index is 11.9. The lowest BCUT2D eigenvalue weighted by molar-refractivity contribution is -0.384. The zero-order valence-corrected chi connectivity index (χ0v) is 11.4. The van der Waals surface area contributed by atoms with E-state index in [0.717, 1.165) is 0 Å². The van der Waals surface area contributed by atoms with Crippen molar-refractivity contribution in [3.63, 3.8) is 0 Å². The molecule has 0 amide bonds. The summed E-state index contributed by atoms with van der Waals surface area (Å²) < 4.78 is 4.95. The van der Waals surface area contributed by atoms with E-state index in [1.165, 1.54) is 12.1 Å². The number of nitro groups is 1. The van der Waals surface area contributed by atoms with Crippen molar-refractivity contribution in [2.75, 3.05) is 24.6 Å². The highest BCUT2D eigenvalue weighted by Crippen LogP contribution is 2.26. The summed E-state index contributed by atoms with van der Waals surface area (Å²) in [6.07, 6.45) is 0. The molecule has 0 radical (unpaired) electrons. The smallest absolute Gasteiger partial charge is 0.340 e. The number of hydrogen-bond acceptors (Lipinski definition) is 5. The Balaban J connectivity index is 3.29. The molecule has 0 saturated carbocycles. The lowest BCUT2D eigenvalue weighted by Gasteiger charge is -2.23. The Morgan fingerprint density at radius 2 is 1.95 bits per heavy atom. The molecule has 104 valence electrons. The number of nitro benzene ring substituents is 1. The van der Waals surface area contributed by atoms with E-state index in [4.69, 9.17) is 4.74 Å². The van der Waals surface area contributed by atoms with Crippen LogP contribution in [0.4, 0.5) is 11.4 Å². The van der Waals surface area contributed by atoms with E-state index >= 15 is 0 Å². The highest BCUT2D eigenvalue weighted by Gasteiger charge is 2.20. The largest absolute Gasteiger partial charge is 0.462 e. The normalized spacial score (nSPS) is 10.1. The van der Waals surface area contributed by atoms with Gasteiger partial charge in [-0.2, -0.15) is 0 Å². The van der Waals surface area contributed by atoms with E-state index in [-0.39, 0.29) is 17.9 Å². The first-order valence-corrected chi connectivity index (χ1v) is 6.25. The Bertz CT molecular complexity index is 470. The van der Waals surface area contributed by atoms with E-state index < -0.39 is 10.9 Å². The quantitative estimate of drug-likeness (QED) is 0.449. The second-order valence-electron chi connectivity index (χ2n) is 3.85. The van der Waals surface area contributed by atoms with E-state index in [1.54, 1.807) is 13.0 Å². The number of hydrogen-bond donors (Lipinski definition) is 0. The molecule has 0 aliphatic carbocycles. The highest BCUT2D eigenvalue weighted by atomic mass is 16.6. The fourth-order valence-electron chi connectivity index (χ4n) is 1.85. The van der Waals surface area contributed by atoms with Crippen LogP contribution in [0.1, 0.15) is 31.1 Å². The summed E-state index contributed by atoms with van der Waals surface area (Å²) in [6.45, 7) is 7.27. The molecule has 0 unspecified atom stereocenters. The molecule has 1 aromatic rings. The first-order valence-electron chi connectivity index (χ1n) is 6.25. The Hall–Kier alpha value is -2.11. The molecule has 0 atom stereocenters. The first kappa shape index (κ1) is 14.9. The summed E-state index contributed by atoms with van der Waals surface area (Å²) >= 11 is 0. The molecule has 0 fully saturated rings. The number of carbonyl (C=O) groups excluding carboxylic acids is 1. The predicted octanol–water partition coefficient (Wildman–Crippen LogP) is 2.62. The van der Waals surface area contributed by atoms with Gasteiger partial charge in [0.15, 0.2) is 0 Å². The molecule has 1 rings (SSSR count). The molecule has 6 heteroatoms. The van der Waals surface area contributed by atoms with E-state index in [1.807, 2.05) is 18.7 Å². The maximum atomic E-state index is 11.9. The third-order valence-corrected chi connectivity index (χ3v) is 2.79. The van der Waals surface area contributed by atoms with Crippen LogP contribution in [0.25, 0.3) is 0 Å². The van der Waals surface area contributed by atoms with Gasteiger partial charge in [-0.25, -0.2) is 4.79 Å². The molecule has 1 aromatic carbocycles. The molecular weight excluding hydrogens is 248 g/mol. The van der Waals surface area contributed by atoms with Crippen LogP contribution >= 0.6 is 0 Å². The molecule has 0 bridgehead atoms. The number of benzene rings is 1. The molecule has 0 spiro atoms. The van der Waals surface area contributed by atoms with E-state index in [2.05, 4.69) is 0 Å².